The molecule has 0 aliphatic carbocycles. The van der Waals surface area contributed by atoms with E-state index in [4.69, 9.17) is 23.2 Å². The van der Waals surface area contributed by atoms with E-state index < -0.39 is 0 Å². The number of hydrogen-bond acceptors (Lipinski definition) is 2. The van der Waals surface area contributed by atoms with E-state index in [0.717, 1.165) is 0 Å². The topological polar surface area (TPSA) is 44.0 Å². The number of nitriles is 1. The number of allylic oxidation sites excluding steroid dienone is 1. The van der Waals surface area contributed by atoms with E-state index >= 15 is 0 Å². The van der Waals surface area contributed by atoms with Crippen molar-refractivity contribution in [1.82, 2.24) is 0 Å². The fourth-order valence-electron chi connectivity index (χ4n) is 1.69. The van der Waals surface area contributed by atoms with Gasteiger partial charge in [-0.05, 0) is 45.8 Å². The van der Waals surface area contributed by atoms with Gasteiger partial charge in [0.2, 0.25) is 0 Å². The number of rotatable bonds is 2. The van der Waals surface area contributed by atoms with Crippen LogP contribution in [0, 0.1) is 11.3 Å². The third kappa shape index (κ3) is 3.16. The van der Waals surface area contributed by atoms with Crippen molar-refractivity contribution in [2.24, 2.45) is 0 Å². The Balaban J connectivity index is 2.53. The lowest BCUT2D eigenvalue weighted by Gasteiger charge is -2.05. The molecule has 5 heteroatoms. The first-order chi connectivity index (χ1) is 9.52. The lowest BCUT2D eigenvalue weighted by Crippen LogP contribution is -1.84. The molecule has 0 atom stereocenters. The maximum absolute atomic E-state index is 9.60. The molecule has 0 bridgehead atoms. The van der Waals surface area contributed by atoms with Crippen LogP contribution >= 0.6 is 39.1 Å². The molecule has 0 aliphatic rings. The van der Waals surface area contributed by atoms with Crippen LogP contribution in [0.2, 0.25) is 10.0 Å². The Labute approximate surface area is 135 Å². The number of benzene rings is 2. The minimum atomic E-state index is -0.0277. The fourth-order valence-corrected chi connectivity index (χ4v) is 2.74. The van der Waals surface area contributed by atoms with E-state index in [1.54, 1.807) is 36.4 Å². The molecule has 2 rings (SSSR count). The van der Waals surface area contributed by atoms with Gasteiger partial charge in [-0.25, -0.2) is 0 Å². The van der Waals surface area contributed by atoms with Gasteiger partial charge in [-0.2, -0.15) is 5.26 Å². The summed E-state index contributed by atoms with van der Waals surface area (Å²) in [7, 11) is 0. The van der Waals surface area contributed by atoms with Crippen LogP contribution in [0.5, 0.6) is 5.75 Å². The molecule has 2 aromatic rings. The summed E-state index contributed by atoms with van der Waals surface area (Å²) in [6.07, 6.45) is 1.66. The SMILES string of the molecule is N#CC(=Cc1cc(Cl)c(O)c(Br)c1)c1ccccc1Cl. The molecule has 0 radical (unpaired) electrons. The molecular formula is C15H8BrCl2NO. The zero-order valence-electron chi connectivity index (χ0n) is 10.1. The maximum atomic E-state index is 9.60. The van der Waals surface area contributed by atoms with Crippen molar-refractivity contribution in [3.05, 3.63) is 62.0 Å². The monoisotopic (exact) mass is 367 g/mol. The normalized spacial score (nSPS) is 11.2. The summed E-state index contributed by atoms with van der Waals surface area (Å²) in [4.78, 5) is 0. The molecule has 0 spiro atoms. The molecule has 0 saturated heterocycles. The Morgan fingerprint density at radius 3 is 2.50 bits per heavy atom. The average Bonchev–Trinajstić information content (AvgIpc) is 2.43. The Hall–Kier alpha value is -1.47. The number of phenolic OH excluding ortho intramolecular Hbond substituents is 1. The molecule has 2 aromatic carbocycles. The fraction of sp³-hybridized carbons (Fsp3) is 0. The summed E-state index contributed by atoms with van der Waals surface area (Å²) in [6.45, 7) is 0. The lowest BCUT2D eigenvalue weighted by atomic mass is 10.0. The van der Waals surface area contributed by atoms with Gasteiger partial charge in [-0.3, -0.25) is 0 Å². The Kier molecular flexibility index (Phi) is 4.72. The highest BCUT2D eigenvalue weighted by Gasteiger charge is 2.08. The van der Waals surface area contributed by atoms with Gasteiger partial charge in [-0.15, -0.1) is 0 Å². The smallest absolute Gasteiger partial charge is 0.148 e. The third-order valence-electron chi connectivity index (χ3n) is 2.63. The number of nitrogens with zero attached hydrogens (tertiary/aromatic N) is 1. The van der Waals surface area contributed by atoms with Crippen LogP contribution in [-0.2, 0) is 0 Å². The molecule has 0 aliphatic heterocycles. The highest BCUT2D eigenvalue weighted by atomic mass is 79.9. The number of halogens is 3. The highest BCUT2D eigenvalue weighted by Crippen LogP contribution is 2.34. The van der Waals surface area contributed by atoms with E-state index in [0.29, 0.717) is 26.2 Å². The van der Waals surface area contributed by atoms with Gasteiger partial charge in [0, 0.05) is 10.6 Å². The van der Waals surface area contributed by atoms with Gasteiger partial charge >= 0.3 is 0 Å². The minimum absolute atomic E-state index is 0.0277. The Morgan fingerprint density at radius 1 is 1.20 bits per heavy atom. The summed E-state index contributed by atoms with van der Waals surface area (Å²) >= 11 is 15.2. The third-order valence-corrected chi connectivity index (χ3v) is 3.86. The van der Waals surface area contributed by atoms with Crippen molar-refractivity contribution >= 4 is 50.8 Å². The van der Waals surface area contributed by atoms with Crippen LogP contribution in [0.3, 0.4) is 0 Å². The van der Waals surface area contributed by atoms with Gasteiger partial charge in [-0.1, -0.05) is 41.4 Å². The zero-order valence-corrected chi connectivity index (χ0v) is 13.2. The highest BCUT2D eigenvalue weighted by molar-refractivity contribution is 9.10. The number of aromatic hydroxyl groups is 1. The molecule has 0 aromatic heterocycles. The van der Waals surface area contributed by atoms with E-state index in [9.17, 15) is 10.4 Å². The van der Waals surface area contributed by atoms with Gasteiger partial charge < -0.3 is 5.11 Å². The molecule has 1 N–H and O–H groups in total. The Bertz CT molecular complexity index is 712. The average molecular weight is 369 g/mol. The molecule has 0 unspecified atom stereocenters. The predicted octanol–water partition coefficient (Wildman–Crippen LogP) is 5.53. The van der Waals surface area contributed by atoms with Gasteiger partial charge in [0.05, 0.1) is 21.1 Å². The van der Waals surface area contributed by atoms with E-state index in [1.165, 1.54) is 0 Å². The first-order valence-electron chi connectivity index (χ1n) is 5.57. The van der Waals surface area contributed by atoms with Crippen molar-refractivity contribution in [3.8, 4) is 11.8 Å². The lowest BCUT2D eigenvalue weighted by molar-refractivity contribution is 0.472. The second-order valence-corrected chi connectivity index (χ2v) is 5.65. The first-order valence-corrected chi connectivity index (χ1v) is 7.12. The van der Waals surface area contributed by atoms with Gasteiger partial charge in [0.1, 0.15) is 5.75 Å². The Morgan fingerprint density at radius 2 is 1.90 bits per heavy atom. The second kappa shape index (κ2) is 6.32. The van der Waals surface area contributed by atoms with E-state index in [1.807, 2.05) is 6.07 Å². The standard InChI is InChI=1S/C15H8BrCl2NO/c16-12-6-9(7-14(18)15(12)20)5-10(8-19)11-3-1-2-4-13(11)17/h1-7,20H. The molecule has 100 valence electrons. The largest absolute Gasteiger partial charge is 0.505 e. The summed E-state index contributed by atoms with van der Waals surface area (Å²) in [5.74, 6) is -0.0277. The van der Waals surface area contributed by atoms with Crippen molar-refractivity contribution in [1.29, 1.82) is 5.26 Å². The zero-order chi connectivity index (χ0) is 14.7. The summed E-state index contributed by atoms with van der Waals surface area (Å²) in [6, 6.07) is 12.5. The molecule has 0 saturated carbocycles. The summed E-state index contributed by atoms with van der Waals surface area (Å²) < 4.78 is 0.465. The van der Waals surface area contributed by atoms with Crippen LogP contribution in [0.25, 0.3) is 11.6 Å². The van der Waals surface area contributed by atoms with Crippen molar-refractivity contribution < 1.29 is 5.11 Å². The minimum Gasteiger partial charge on any atom is -0.505 e. The first kappa shape index (κ1) is 14.9. The van der Waals surface area contributed by atoms with Crippen molar-refractivity contribution in [3.63, 3.8) is 0 Å². The van der Waals surface area contributed by atoms with Crippen molar-refractivity contribution in [2.75, 3.05) is 0 Å². The molecule has 0 heterocycles. The van der Waals surface area contributed by atoms with Crippen LogP contribution in [0.1, 0.15) is 11.1 Å². The summed E-state index contributed by atoms with van der Waals surface area (Å²) in [5, 5.41) is 19.6. The van der Waals surface area contributed by atoms with Crippen LogP contribution in [0.4, 0.5) is 0 Å². The molecule has 0 amide bonds. The summed E-state index contributed by atoms with van der Waals surface area (Å²) in [5.41, 5.74) is 1.76. The molecule has 20 heavy (non-hydrogen) atoms. The van der Waals surface area contributed by atoms with E-state index in [2.05, 4.69) is 22.0 Å². The van der Waals surface area contributed by atoms with Crippen LogP contribution < -0.4 is 0 Å². The van der Waals surface area contributed by atoms with Gasteiger partial charge in [0.15, 0.2) is 0 Å². The second-order valence-electron chi connectivity index (χ2n) is 3.98. The molecule has 0 fully saturated rings. The van der Waals surface area contributed by atoms with Crippen molar-refractivity contribution in [2.45, 2.75) is 0 Å². The quantitative estimate of drug-likeness (QED) is 0.559. The molecule has 2 nitrogen and oxygen atoms in total. The maximum Gasteiger partial charge on any atom is 0.148 e. The van der Waals surface area contributed by atoms with Gasteiger partial charge in [0.25, 0.3) is 0 Å². The number of hydrogen-bond donors (Lipinski definition) is 1. The molecular weight excluding hydrogens is 361 g/mol. The van der Waals surface area contributed by atoms with Crippen LogP contribution in [-0.4, -0.2) is 5.11 Å². The number of phenols is 1. The van der Waals surface area contributed by atoms with E-state index in [-0.39, 0.29) is 10.8 Å². The van der Waals surface area contributed by atoms with Crippen LogP contribution in [0.15, 0.2) is 40.9 Å². The predicted molar refractivity (Wildman–Crippen MR) is 85.8 cm³/mol.